The molecule has 0 aliphatic rings. The summed E-state index contributed by atoms with van der Waals surface area (Å²) >= 11 is 0. The molecule has 0 aliphatic heterocycles. The average molecular weight is 215 g/mol. The molecular formula is C12H13N3O. The second kappa shape index (κ2) is 4.18. The molecule has 0 fully saturated rings. The molecule has 0 bridgehead atoms. The monoisotopic (exact) mass is 215 g/mol. The predicted molar refractivity (Wildman–Crippen MR) is 62.5 cm³/mol. The number of anilines is 1. The molecule has 0 unspecified atom stereocenters. The van der Waals surface area contributed by atoms with Gasteiger partial charge >= 0.3 is 0 Å². The van der Waals surface area contributed by atoms with E-state index in [1.807, 2.05) is 37.3 Å². The molecule has 4 heteroatoms. The van der Waals surface area contributed by atoms with Crippen LogP contribution in [0.15, 0.2) is 36.5 Å². The Bertz CT molecular complexity index is 490. The van der Waals surface area contributed by atoms with Gasteiger partial charge in [-0.2, -0.15) is 5.10 Å². The third-order valence-electron chi connectivity index (χ3n) is 2.51. The highest BCUT2D eigenvalue weighted by Crippen LogP contribution is 2.15. The summed E-state index contributed by atoms with van der Waals surface area (Å²) in [7, 11) is 1.75. The number of carbonyl (C=O) groups is 1. The van der Waals surface area contributed by atoms with Crippen molar-refractivity contribution in [2.45, 2.75) is 6.92 Å². The number of amides is 1. The summed E-state index contributed by atoms with van der Waals surface area (Å²) < 4.78 is 0. The van der Waals surface area contributed by atoms with Crippen molar-refractivity contribution in [2.75, 3.05) is 11.9 Å². The molecule has 2 aromatic rings. The highest BCUT2D eigenvalue weighted by Gasteiger charge is 2.16. The standard InChI is InChI=1S/C12H13N3O/c1-9-11(8-13-14-9)12(16)15(2)10-6-4-3-5-7-10/h3-8H,1-2H3,(H,13,14). The van der Waals surface area contributed by atoms with E-state index >= 15 is 0 Å². The Hall–Kier alpha value is -2.10. The molecule has 0 saturated carbocycles. The summed E-state index contributed by atoms with van der Waals surface area (Å²) in [5.41, 5.74) is 2.26. The summed E-state index contributed by atoms with van der Waals surface area (Å²) in [5.74, 6) is -0.0579. The number of nitrogens with zero attached hydrogens (tertiary/aromatic N) is 2. The molecule has 16 heavy (non-hydrogen) atoms. The number of carbonyl (C=O) groups excluding carboxylic acids is 1. The van der Waals surface area contributed by atoms with Crippen LogP contribution < -0.4 is 4.90 Å². The molecule has 0 aliphatic carbocycles. The van der Waals surface area contributed by atoms with Gasteiger partial charge in [-0.25, -0.2) is 0 Å². The fourth-order valence-electron chi connectivity index (χ4n) is 1.52. The molecule has 2 rings (SSSR count). The minimum atomic E-state index is -0.0579. The van der Waals surface area contributed by atoms with Crippen molar-refractivity contribution in [3.05, 3.63) is 47.8 Å². The molecule has 1 aromatic carbocycles. The van der Waals surface area contributed by atoms with Crippen LogP contribution in [0.2, 0.25) is 0 Å². The van der Waals surface area contributed by atoms with Gasteiger partial charge in [0, 0.05) is 18.4 Å². The number of H-pyrrole nitrogens is 1. The number of para-hydroxylation sites is 1. The van der Waals surface area contributed by atoms with Gasteiger partial charge < -0.3 is 4.90 Å². The van der Waals surface area contributed by atoms with Crippen LogP contribution in [-0.4, -0.2) is 23.2 Å². The molecule has 0 atom stereocenters. The lowest BCUT2D eigenvalue weighted by Gasteiger charge is -2.16. The lowest BCUT2D eigenvalue weighted by atomic mass is 10.2. The minimum absolute atomic E-state index is 0.0579. The van der Waals surface area contributed by atoms with Gasteiger partial charge in [-0.3, -0.25) is 9.89 Å². The van der Waals surface area contributed by atoms with E-state index in [1.54, 1.807) is 18.1 Å². The molecular weight excluding hydrogens is 202 g/mol. The molecule has 0 spiro atoms. The highest BCUT2D eigenvalue weighted by molar-refractivity contribution is 6.06. The number of nitrogens with one attached hydrogen (secondary N) is 1. The first-order chi connectivity index (χ1) is 7.70. The molecule has 4 nitrogen and oxygen atoms in total. The second-order valence-corrected chi connectivity index (χ2v) is 3.61. The molecule has 82 valence electrons. The van der Waals surface area contributed by atoms with Crippen LogP contribution in [0.1, 0.15) is 16.1 Å². The zero-order chi connectivity index (χ0) is 11.5. The number of rotatable bonds is 2. The second-order valence-electron chi connectivity index (χ2n) is 3.61. The van der Waals surface area contributed by atoms with Crippen LogP contribution in [-0.2, 0) is 0 Å². The number of benzene rings is 1. The van der Waals surface area contributed by atoms with E-state index in [4.69, 9.17) is 0 Å². The smallest absolute Gasteiger partial charge is 0.261 e. The first-order valence-corrected chi connectivity index (χ1v) is 5.03. The Morgan fingerprint density at radius 2 is 2.00 bits per heavy atom. The van der Waals surface area contributed by atoms with Gasteiger partial charge in [0.05, 0.1) is 11.8 Å². The van der Waals surface area contributed by atoms with E-state index in [9.17, 15) is 4.79 Å². The fourth-order valence-corrected chi connectivity index (χ4v) is 1.52. The van der Waals surface area contributed by atoms with Gasteiger partial charge in [0.15, 0.2) is 0 Å². The van der Waals surface area contributed by atoms with E-state index in [-0.39, 0.29) is 5.91 Å². The van der Waals surface area contributed by atoms with Crippen molar-refractivity contribution < 1.29 is 4.79 Å². The number of aromatic amines is 1. The SMILES string of the molecule is Cc1[nH]ncc1C(=O)N(C)c1ccccc1. The molecule has 1 amide bonds. The van der Waals surface area contributed by atoms with Crippen molar-refractivity contribution in [3.63, 3.8) is 0 Å². The third kappa shape index (κ3) is 1.82. The largest absolute Gasteiger partial charge is 0.311 e. The van der Waals surface area contributed by atoms with E-state index in [2.05, 4.69) is 10.2 Å². The van der Waals surface area contributed by atoms with E-state index in [1.165, 1.54) is 0 Å². The molecule has 1 heterocycles. The van der Waals surface area contributed by atoms with Crippen molar-refractivity contribution in [2.24, 2.45) is 0 Å². The lowest BCUT2D eigenvalue weighted by Crippen LogP contribution is -2.26. The summed E-state index contributed by atoms with van der Waals surface area (Å²) in [5, 5.41) is 6.60. The van der Waals surface area contributed by atoms with Crippen molar-refractivity contribution in [3.8, 4) is 0 Å². The van der Waals surface area contributed by atoms with Crippen LogP contribution in [0, 0.1) is 6.92 Å². The maximum atomic E-state index is 12.1. The van der Waals surface area contributed by atoms with E-state index in [0.717, 1.165) is 11.4 Å². The number of aryl methyl sites for hydroxylation is 1. The van der Waals surface area contributed by atoms with Crippen LogP contribution in [0.4, 0.5) is 5.69 Å². The van der Waals surface area contributed by atoms with Gasteiger partial charge in [0.1, 0.15) is 0 Å². The molecule has 0 radical (unpaired) electrons. The van der Waals surface area contributed by atoms with Crippen LogP contribution in [0.3, 0.4) is 0 Å². The molecule has 1 aromatic heterocycles. The summed E-state index contributed by atoms with van der Waals surface area (Å²) in [4.78, 5) is 13.7. The Morgan fingerprint density at radius 1 is 1.31 bits per heavy atom. The van der Waals surface area contributed by atoms with E-state index < -0.39 is 0 Å². The Labute approximate surface area is 93.9 Å². The van der Waals surface area contributed by atoms with Crippen LogP contribution in [0.5, 0.6) is 0 Å². The third-order valence-corrected chi connectivity index (χ3v) is 2.51. The van der Waals surface area contributed by atoms with Crippen LogP contribution >= 0.6 is 0 Å². The number of hydrogen-bond donors (Lipinski definition) is 1. The topological polar surface area (TPSA) is 49.0 Å². The summed E-state index contributed by atoms with van der Waals surface area (Å²) in [6.07, 6.45) is 1.55. The molecule has 1 N–H and O–H groups in total. The Kier molecular flexibility index (Phi) is 2.72. The summed E-state index contributed by atoms with van der Waals surface area (Å²) in [6.45, 7) is 1.83. The first kappa shape index (κ1) is 10.4. The van der Waals surface area contributed by atoms with Gasteiger partial charge in [-0.1, -0.05) is 18.2 Å². The van der Waals surface area contributed by atoms with Crippen LogP contribution in [0.25, 0.3) is 0 Å². The van der Waals surface area contributed by atoms with Crippen molar-refractivity contribution in [1.82, 2.24) is 10.2 Å². The van der Waals surface area contributed by atoms with Gasteiger partial charge in [-0.15, -0.1) is 0 Å². The van der Waals surface area contributed by atoms with E-state index in [0.29, 0.717) is 5.56 Å². The first-order valence-electron chi connectivity index (χ1n) is 5.03. The van der Waals surface area contributed by atoms with Gasteiger partial charge in [-0.05, 0) is 19.1 Å². The highest BCUT2D eigenvalue weighted by atomic mass is 16.2. The normalized spacial score (nSPS) is 10.1. The number of aromatic nitrogens is 2. The fraction of sp³-hybridized carbons (Fsp3) is 0.167. The number of hydrogen-bond acceptors (Lipinski definition) is 2. The predicted octanol–water partition coefficient (Wildman–Crippen LogP) is 1.99. The quantitative estimate of drug-likeness (QED) is 0.832. The van der Waals surface area contributed by atoms with Crippen molar-refractivity contribution in [1.29, 1.82) is 0 Å². The minimum Gasteiger partial charge on any atom is -0.311 e. The van der Waals surface area contributed by atoms with Gasteiger partial charge in [0.2, 0.25) is 0 Å². The van der Waals surface area contributed by atoms with Gasteiger partial charge in [0.25, 0.3) is 5.91 Å². The summed E-state index contributed by atoms with van der Waals surface area (Å²) in [6, 6.07) is 9.52. The zero-order valence-electron chi connectivity index (χ0n) is 9.27. The maximum absolute atomic E-state index is 12.1. The van der Waals surface area contributed by atoms with Crippen molar-refractivity contribution >= 4 is 11.6 Å². The molecule has 0 saturated heterocycles. The Balaban J connectivity index is 2.27. The Morgan fingerprint density at radius 3 is 2.56 bits per heavy atom. The average Bonchev–Trinajstić information content (AvgIpc) is 2.75. The zero-order valence-corrected chi connectivity index (χ0v) is 9.27. The maximum Gasteiger partial charge on any atom is 0.261 e. The lowest BCUT2D eigenvalue weighted by molar-refractivity contribution is 0.0992.